The van der Waals surface area contributed by atoms with Crippen molar-refractivity contribution in [2.45, 2.75) is 44.7 Å². The molecule has 9 nitrogen and oxygen atoms in total. The van der Waals surface area contributed by atoms with E-state index in [0.29, 0.717) is 40.4 Å². The number of likely N-dealkylation sites (N-methyl/N-ethyl adjacent to an activating group) is 1. The Morgan fingerprint density at radius 2 is 1.62 bits per heavy atom. The van der Waals surface area contributed by atoms with Crippen LogP contribution in [0.1, 0.15) is 37.4 Å². The average Bonchev–Trinajstić information content (AvgIpc) is 3.39. The fraction of sp³-hybridized carbons (Fsp3) is 0.375. The third kappa shape index (κ3) is 4.94. The quantitative estimate of drug-likeness (QED) is 0.286. The summed E-state index contributed by atoms with van der Waals surface area (Å²) in [6, 6.07) is 14.1. The predicted molar refractivity (Wildman–Crippen MR) is 165 cm³/mol. The van der Waals surface area contributed by atoms with Gasteiger partial charge in [0.25, 0.3) is 0 Å². The van der Waals surface area contributed by atoms with Crippen LogP contribution in [0.3, 0.4) is 0 Å². The number of hydrogen-bond acceptors (Lipinski definition) is 8. The van der Waals surface area contributed by atoms with Crippen LogP contribution in [0.2, 0.25) is 0 Å². The topological polar surface area (TPSA) is 101 Å². The molecule has 42 heavy (non-hydrogen) atoms. The standard InChI is InChI=1S/C32H36FN9/c1-20-28-26(33)4-3-5-27(28)39-32(37-20)38-22-8-6-21(7-9-22)25-18-42(31-29(25)30(34)35-19-36-31)24-12-10-23(11-13-24)41-16-14-40(2)15-17-41/h3-9,18-19,23-24H,10-17H2,1-2H3,(H2,34,35,36)(H,37,38,39)/t23-,24-. The summed E-state index contributed by atoms with van der Waals surface area (Å²) in [5, 5.41) is 4.61. The highest BCUT2D eigenvalue weighted by Crippen LogP contribution is 2.39. The fourth-order valence-electron chi connectivity index (χ4n) is 6.73. The molecule has 3 N–H and O–H groups in total. The first kappa shape index (κ1) is 26.7. The van der Waals surface area contributed by atoms with Gasteiger partial charge in [0.2, 0.25) is 5.95 Å². The Morgan fingerprint density at radius 1 is 0.881 bits per heavy atom. The molecular formula is C32H36FN9. The van der Waals surface area contributed by atoms with Crippen LogP contribution in [-0.2, 0) is 0 Å². The molecule has 1 saturated heterocycles. The van der Waals surface area contributed by atoms with Crippen LogP contribution in [0.4, 0.5) is 21.8 Å². The molecular weight excluding hydrogens is 529 g/mol. The van der Waals surface area contributed by atoms with Gasteiger partial charge in [-0.25, -0.2) is 24.3 Å². The van der Waals surface area contributed by atoms with E-state index in [4.69, 9.17) is 10.7 Å². The summed E-state index contributed by atoms with van der Waals surface area (Å²) in [7, 11) is 2.21. The van der Waals surface area contributed by atoms with E-state index in [-0.39, 0.29) is 5.82 Å². The van der Waals surface area contributed by atoms with E-state index in [1.165, 1.54) is 32.0 Å². The van der Waals surface area contributed by atoms with Crippen LogP contribution in [0.25, 0.3) is 33.1 Å². The van der Waals surface area contributed by atoms with E-state index in [2.05, 4.69) is 60.0 Å². The second-order valence-electron chi connectivity index (χ2n) is 11.7. The second kappa shape index (κ2) is 10.9. The van der Waals surface area contributed by atoms with Gasteiger partial charge in [0.05, 0.1) is 22.0 Å². The van der Waals surface area contributed by atoms with Gasteiger partial charge >= 0.3 is 0 Å². The van der Waals surface area contributed by atoms with Crippen LogP contribution in [0.15, 0.2) is 55.0 Å². The fourth-order valence-corrected chi connectivity index (χ4v) is 6.73. The smallest absolute Gasteiger partial charge is 0.228 e. The summed E-state index contributed by atoms with van der Waals surface area (Å²) in [6.07, 6.45) is 8.44. The maximum absolute atomic E-state index is 14.3. The Labute approximate surface area is 244 Å². The minimum Gasteiger partial charge on any atom is -0.383 e. The van der Waals surface area contributed by atoms with E-state index >= 15 is 0 Å². The molecule has 1 aliphatic carbocycles. The number of nitrogens with one attached hydrogen (secondary N) is 1. The SMILES string of the molecule is Cc1nc(Nc2ccc(-c3cn([C@H]4CC[C@H](N5CCN(C)CC5)CC4)c4ncnc(N)c34)cc2)nc2cccc(F)c12. The molecule has 2 fully saturated rings. The van der Waals surface area contributed by atoms with Crippen molar-refractivity contribution in [1.29, 1.82) is 0 Å². The van der Waals surface area contributed by atoms with E-state index < -0.39 is 0 Å². The lowest BCUT2D eigenvalue weighted by Crippen LogP contribution is -2.49. The number of rotatable bonds is 5. The Bertz CT molecular complexity index is 1730. The molecule has 7 rings (SSSR count). The molecule has 3 aromatic heterocycles. The lowest BCUT2D eigenvalue weighted by Gasteiger charge is -2.41. The Kier molecular flexibility index (Phi) is 6.95. The van der Waals surface area contributed by atoms with Crippen molar-refractivity contribution in [2.24, 2.45) is 0 Å². The van der Waals surface area contributed by atoms with Crippen molar-refractivity contribution in [3.8, 4) is 11.1 Å². The number of benzene rings is 2. The van der Waals surface area contributed by atoms with E-state index in [9.17, 15) is 4.39 Å². The molecule has 0 bridgehead atoms. The van der Waals surface area contributed by atoms with Crippen LogP contribution in [-0.4, -0.2) is 73.6 Å². The summed E-state index contributed by atoms with van der Waals surface area (Å²) in [4.78, 5) is 23.1. The zero-order valence-electron chi connectivity index (χ0n) is 24.1. The molecule has 2 aromatic carbocycles. The van der Waals surface area contributed by atoms with E-state index in [0.717, 1.165) is 53.8 Å². The summed E-state index contributed by atoms with van der Waals surface area (Å²) in [5.41, 5.74) is 11.4. The maximum Gasteiger partial charge on any atom is 0.228 e. The number of fused-ring (bicyclic) bond motifs is 2. The summed E-state index contributed by atoms with van der Waals surface area (Å²) in [6.45, 7) is 6.45. The second-order valence-corrected chi connectivity index (χ2v) is 11.7. The average molecular weight is 566 g/mol. The molecule has 0 spiro atoms. The summed E-state index contributed by atoms with van der Waals surface area (Å²) in [5.74, 6) is 0.612. The minimum atomic E-state index is -0.314. The van der Waals surface area contributed by atoms with Crippen LogP contribution in [0.5, 0.6) is 0 Å². The number of piperazine rings is 1. The number of anilines is 3. The maximum atomic E-state index is 14.3. The molecule has 2 aliphatic rings. The third-order valence-corrected chi connectivity index (χ3v) is 9.06. The highest BCUT2D eigenvalue weighted by Gasteiger charge is 2.30. The van der Waals surface area contributed by atoms with Gasteiger partial charge in [-0.3, -0.25) is 4.90 Å². The molecule has 0 atom stereocenters. The van der Waals surface area contributed by atoms with E-state index in [1.54, 1.807) is 25.4 Å². The molecule has 10 heteroatoms. The van der Waals surface area contributed by atoms with Gasteiger partial charge in [-0.2, -0.15) is 0 Å². The van der Waals surface area contributed by atoms with Crippen molar-refractivity contribution in [3.05, 3.63) is 66.5 Å². The first-order valence-electron chi connectivity index (χ1n) is 14.8. The highest BCUT2D eigenvalue weighted by atomic mass is 19.1. The van der Waals surface area contributed by atoms with Gasteiger partial charge < -0.3 is 20.5 Å². The molecule has 5 aromatic rings. The Balaban J connectivity index is 1.13. The number of aryl methyl sites for hydroxylation is 1. The third-order valence-electron chi connectivity index (χ3n) is 9.06. The number of nitrogens with two attached hydrogens (primary N) is 1. The zero-order chi connectivity index (χ0) is 28.8. The first-order valence-corrected chi connectivity index (χ1v) is 14.8. The molecule has 1 aliphatic heterocycles. The van der Waals surface area contributed by atoms with Crippen molar-refractivity contribution in [3.63, 3.8) is 0 Å². The lowest BCUT2D eigenvalue weighted by molar-refractivity contribution is 0.0828. The Morgan fingerprint density at radius 3 is 2.38 bits per heavy atom. The number of aromatic nitrogens is 5. The van der Waals surface area contributed by atoms with Gasteiger partial charge in [0.1, 0.15) is 23.6 Å². The number of nitrogens with zero attached hydrogens (tertiary/aromatic N) is 7. The van der Waals surface area contributed by atoms with Gasteiger partial charge in [-0.1, -0.05) is 18.2 Å². The number of nitrogen functional groups attached to an aromatic ring is 1. The summed E-state index contributed by atoms with van der Waals surface area (Å²) < 4.78 is 16.6. The number of hydrogen-bond donors (Lipinski definition) is 2. The van der Waals surface area contributed by atoms with Crippen LogP contribution >= 0.6 is 0 Å². The largest absolute Gasteiger partial charge is 0.383 e. The van der Waals surface area contributed by atoms with Crippen LogP contribution < -0.4 is 11.1 Å². The minimum absolute atomic E-state index is 0.314. The van der Waals surface area contributed by atoms with Crippen molar-refractivity contribution < 1.29 is 4.39 Å². The molecule has 0 unspecified atom stereocenters. The van der Waals surface area contributed by atoms with Gasteiger partial charge in [0.15, 0.2) is 0 Å². The van der Waals surface area contributed by atoms with Crippen molar-refractivity contribution >= 4 is 39.4 Å². The van der Waals surface area contributed by atoms with E-state index in [1.807, 2.05) is 12.1 Å². The van der Waals surface area contributed by atoms with Gasteiger partial charge in [-0.05, 0) is 69.5 Å². The normalized spacial score (nSPS) is 20.4. The van der Waals surface area contributed by atoms with Crippen molar-refractivity contribution in [1.82, 2.24) is 34.3 Å². The Hall–Kier alpha value is -4.15. The molecule has 1 saturated carbocycles. The summed E-state index contributed by atoms with van der Waals surface area (Å²) >= 11 is 0. The molecule has 0 amide bonds. The molecule has 0 radical (unpaired) electrons. The first-order chi connectivity index (χ1) is 20.4. The lowest BCUT2D eigenvalue weighted by atomic mass is 9.89. The van der Waals surface area contributed by atoms with Gasteiger partial charge in [-0.15, -0.1) is 0 Å². The number of halogens is 1. The molecule has 216 valence electrons. The van der Waals surface area contributed by atoms with Gasteiger partial charge in [0, 0.05) is 55.7 Å². The van der Waals surface area contributed by atoms with Crippen molar-refractivity contribution in [2.75, 3.05) is 44.3 Å². The molecule has 4 heterocycles. The predicted octanol–water partition coefficient (Wildman–Crippen LogP) is 5.55. The van der Waals surface area contributed by atoms with Crippen LogP contribution in [0, 0.1) is 12.7 Å². The zero-order valence-corrected chi connectivity index (χ0v) is 24.1. The monoisotopic (exact) mass is 565 g/mol. The highest BCUT2D eigenvalue weighted by molar-refractivity contribution is 6.00.